The van der Waals surface area contributed by atoms with E-state index < -0.39 is 0 Å². The summed E-state index contributed by atoms with van der Waals surface area (Å²) in [6, 6.07) is 0. The summed E-state index contributed by atoms with van der Waals surface area (Å²) in [6.45, 7) is 0. The summed E-state index contributed by atoms with van der Waals surface area (Å²) < 4.78 is 0. The molecule has 0 saturated heterocycles. The Balaban J connectivity index is 0. The fourth-order valence-corrected chi connectivity index (χ4v) is 0. The number of hydrogen-bond acceptors (Lipinski definition) is 0. The zero-order valence-corrected chi connectivity index (χ0v) is 16.2. The molecule has 0 bridgehead atoms. The molecule has 7 radical (unpaired) electrons. The smallest absolute Gasteiger partial charge is 0 e. The van der Waals surface area contributed by atoms with Crippen molar-refractivity contribution in [2.45, 2.75) is 0 Å². The van der Waals surface area contributed by atoms with Crippen LogP contribution in [0.15, 0.2) is 0 Å². The van der Waals surface area contributed by atoms with Crippen molar-refractivity contribution in [3.8, 4) is 0 Å². The van der Waals surface area contributed by atoms with E-state index in [9.17, 15) is 0 Å². The van der Waals surface area contributed by atoms with E-state index in [1.54, 1.807) is 0 Å². The standard InChI is InChI=1S/Hg.Sb.Sn.Zn. The molecule has 0 spiro atoms. The molecule has 0 amide bonds. The van der Waals surface area contributed by atoms with Gasteiger partial charge in [0, 0.05) is 95.5 Å². The first-order valence-electron chi connectivity index (χ1n) is 0. The van der Waals surface area contributed by atoms with Crippen molar-refractivity contribution in [3.63, 3.8) is 0 Å². The van der Waals surface area contributed by atoms with Gasteiger partial charge in [0.2, 0.25) is 0 Å². The summed E-state index contributed by atoms with van der Waals surface area (Å²) in [5, 5.41) is 0. The minimum Gasteiger partial charge on any atom is 0 e. The SMILES string of the molecule is [Hg].[Sb].[Sn].[Zn]. The van der Waals surface area contributed by atoms with Gasteiger partial charge in [-0.25, -0.2) is 0 Å². The monoisotopic (exact) mass is 507 g/mol. The van der Waals surface area contributed by atoms with Gasteiger partial charge in [-0.2, -0.15) is 0 Å². The van der Waals surface area contributed by atoms with Gasteiger partial charge in [-0.05, 0) is 0 Å². The van der Waals surface area contributed by atoms with Crippen molar-refractivity contribution in [1.29, 1.82) is 0 Å². The second kappa shape index (κ2) is 16.4. The molecule has 0 nitrogen and oxygen atoms in total. The average molecular weight is 506 g/mol. The maximum atomic E-state index is 0. The van der Waals surface area contributed by atoms with Crippen molar-refractivity contribution < 1.29 is 47.1 Å². The van der Waals surface area contributed by atoms with Crippen LogP contribution >= 0.6 is 0 Å². The van der Waals surface area contributed by atoms with Gasteiger partial charge in [0.1, 0.15) is 0 Å². The Hall–Kier alpha value is 3.18. The molecular formula is HgSbSnZn. The van der Waals surface area contributed by atoms with Gasteiger partial charge in [-0.15, -0.1) is 0 Å². The van der Waals surface area contributed by atoms with Crippen LogP contribution in [0.4, 0.5) is 0 Å². The molecule has 0 atom stereocenters. The molecule has 4 heteroatoms. The van der Waals surface area contributed by atoms with Gasteiger partial charge < -0.3 is 0 Å². The van der Waals surface area contributed by atoms with E-state index in [4.69, 9.17) is 0 Å². The fraction of sp³-hybridized carbons (Fsp3) is 0. The molecule has 0 saturated carbocycles. The largest absolute Gasteiger partial charge is 0 e. The van der Waals surface area contributed by atoms with Crippen molar-refractivity contribution in [1.82, 2.24) is 0 Å². The third-order valence-corrected chi connectivity index (χ3v) is 0. The van der Waals surface area contributed by atoms with Crippen LogP contribution in [0, 0.1) is 0 Å². The molecule has 0 aromatic rings. The molecule has 13 valence electrons. The Labute approximate surface area is 93.5 Å². The Morgan fingerprint density at radius 1 is 1.00 bits per heavy atom. The summed E-state index contributed by atoms with van der Waals surface area (Å²) in [5.41, 5.74) is 0. The van der Waals surface area contributed by atoms with Gasteiger partial charge in [-0.1, -0.05) is 0 Å². The van der Waals surface area contributed by atoms with E-state index in [0.29, 0.717) is 0 Å². The van der Waals surface area contributed by atoms with Gasteiger partial charge in [0.25, 0.3) is 0 Å². The third-order valence-electron chi connectivity index (χ3n) is 0. The molecule has 0 aliphatic heterocycles. The first-order valence-corrected chi connectivity index (χ1v) is 0. The topological polar surface area (TPSA) is 0 Å². The van der Waals surface area contributed by atoms with Crippen LogP contribution in [0.25, 0.3) is 0 Å². The van der Waals surface area contributed by atoms with E-state index in [0.717, 1.165) is 0 Å². The normalized spacial score (nSPS) is 0. The predicted octanol–water partition coefficient (Wildman–Crippen LogP) is -0.767. The fourth-order valence-electron chi connectivity index (χ4n) is 0. The van der Waals surface area contributed by atoms with Gasteiger partial charge in [0.05, 0.1) is 0 Å². The second-order valence-electron chi connectivity index (χ2n) is 0. The predicted molar refractivity (Wildman–Crippen MR) is 11.5 cm³/mol. The molecule has 0 aliphatic rings. The van der Waals surface area contributed by atoms with E-state index in [1.807, 2.05) is 0 Å². The first-order chi connectivity index (χ1) is 0. The van der Waals surface area contributed by atoms with Crippen LogP contribution in [-0.2, 0) is 47.1 Å². The molecule has 0 fully saturated rings. The maximum absolute atomic E-state index is 0. The van der Waals surface area contributed by atoms with Crippen molar-refractivity contribution in [3.05, 3.63) is 0 Å². The zero-order valence-electron chi connectivity index (χ0n) is 2.36. The second-order valence-corrected chi connectivity index (χ2v) is 0. The van der Waals surface area contributed by atoms with Crippen molar-refractivity contribution in [2.24, 2.45) is 0 Å². The van der Waals surface area contributed by atoms with E-state index >= 15 is 0 Å². The summed E-state index contributed by atoms with van der Waals surface area (Å²) in [7, 11) is 0. The molecule has 0 aromatic heterocycles. The maximum Gasteiger partial charge on any atom is 0 e. The Morgan fingerprint density at radius 3 is 1.00 bits per heavy atom. The quantitative estimate of drug-likeness (QED) is 0.379. The number of rotatable bonds is 0. The van der Waals surface area contributed by atoms with Crippen LogP contribution < -0.4 is 0 Å². The van der Waals surface area contributed by atoms with Crippen LogP contribution in [-0.4, -0.2) is 48.3 Å². The third kappa shape index (κ3) is 8.95. The summed E-state index contributed by atoms with van der Waals surface area (Å²) >= 11 is 0. The molecule has 4 heavy (non-hydrogen) atoms. The van der Waals surface area contributed by atoms with Gasteiger partial charge >= 0.3 is 0 Å². The van der Waals surface area contributed by atoms with Crippen LogP contribution in [0.5, 0.6) is 0 Å². The Bertz CT molecular complexity index is 8.00. The van der Waals surface area contributed by atoms with Crippen LogP contribution in [0.3, 0.4) is 0 Å². The van der Waals surface area contributed by atoms with Crippen molar-refractivity contribution >= 4 is 48.3 Å². The minimum absolute atomic E-state index is 0. The molecule has 0 aromatic carbocycles. The summed E-state index contributed by atoms with van der Waals surface area (Å²) in [4.78, 5) is 0. The molecular weight excluding hydrogens is 506 g/mol. The number of hydrogen-bond donors (Lipinski definition) is 0. The van der Waals surface area contributed by atoms with Crippen LogP contribution in [0.2, 0.25) is 0 Å². The molecule has 0 heterocycles. The minimum atomic E-state index is 0. The molecule has 0 unspecified atom stereocenters. The van der Waals surface area contributed by atoms with Gasteiger partial charge in [-0.3, -0.25) is 0 Å². The Morgan fingerprint density at radius 2 is 1.00 bits per heavy atom. The molecule has 0 aliphatic carbocycles. The van der Waals surface area contributed by atoms with Crippen LogP contribution in [0.1, 0.15) is 0 Å². The van der Waals surface area contributed by atoms with Gasteiger partial charge in [0.15, 0.2) is 0 Å². The molecule has 0 rings (SSSR count). The van der Waals surface area contributed by atoms with E-state index in [1.165, 1.54) is 0 Å². The average Bonchev–Trinajstić information content (AvgIpc) is 0. The van der Waals surface area contributed by atoms with E-state index in [2.05, 4.69) is 0 Å². The van der Waals surface area contributed by atoms with Crippen molar-refractivity contribution in [2.75, 3.05) is 0 Å². The molecule has 0 N–H and O–H groups in total. The summed E-state index contributed by atoms with van der Waals surface area (Å²) in [6.07, 6.45) is 0. The van der Waals surface area contributed by atoms with E-state index in [-0.39, 0.29) is 95.5 Å². The summed E-state index contributed by atoms with van der Waals surface area (Å²) in [5.74, 6) is 0. The Kier molecular flexibility index (Phi) is 111. The first kappa shape index (κ1) is 27.1. The zero-order chi connectivity index (χ0) is 0.